The van der Waals surface area contributed by atoms with Crippen LogP contribution in [0.1, 0.15) is 19.8 Å². The van der Waals surface area contributed by atoms with Crippen LogP contribution in [-0.4, -0.2) is 36.9 Å². The molecule has 0 aromatic carbocycles. The van der Waals surface area contributed by atoms with Crippen molar-refractivity contribution in [3.8, 4) is 0 Å². The van der Waals surface area contributed by atoms with Crippen LogP contribution in [0.4, 0.5) is 0 Å². The van der Waals surface area contributed by atoms with Crippen molar-refractivity contribution in [2.75, 3.05) is 13.1 Å². The molecule has 0 unspecified atom stereocenters. The van der Waals surface area contributed by atoms with E-state index in [1.807, 2.05) is 0 Å². The van der Waals surface area contributed by atoms with E-state index in [2.05, 4.69) is 15.9 Å². The van der Waals surface area contributed by atoms with Crippen molar-refractivity contribution < 1.29 is 18.3 Å². The van der Waals surface area contributed by atoms with Gasteiger partial charge in [-0.1, -0.05) is 11.6 Å². The Labute approximate surface area is 134 Å². The lowest BCUT2D eigenvalue weighted by Gasteiger charge is -2.35. The average molecular weight is 403 g/mol. The molecule has 1 aromatic heterocycles. The van der Waals surface area contributed by atoms with Gasteiger partial charge in [-0.2, -0.15) is 4.31 Å². The molecule has 0 aliphatic carbocycles. The highest BCUT2D eigenvalue weighted by Gasteiger charge is 2.40. The summed E-state index contributed by atoms with van der Waals surface area (Å²) in [5.41, 5.74) is -0.848. The molecule has 1 aliphatic heterocycles. The highest BCUT2D eigenvalue weighted by atomic mass is 79.9. The summed E-state index contributed by atoms with van der Waals surface area (Å²) in [5.74, 6) is -0.878. The summed E-state index contributed by atoms with van der Waals surface area (Å²) >= 11 is 10.1. The van der Waals surface area contributed by atoms with Crippen molar-refractivity contribution in [3.05, 3.63) is 14.9 Å². The molecule has 0 spiro atoms. The zero-order valence-corrected chi connectivity index (χ0v) is 14.6. The molecule has 1 fully saturated rings. The summed E-state index contributed by atoms with van der Waals surface area (Å²) in [4.78, 5) is 11.2. The second-order valence-electron chi connectivity index (χ2n) is 4.96. The Balaban J connectivity index is 2.19. The molecule has 20 heavy (non-hydrogen) atoms. The van der Waals surface area contributed by atoms with Gasteiger partial charge >= 0.3 is 5.97 Å². The molecule has 0 radical (unpaired) electrons. The van der Waals surface area contributed by atoms with Gasteiger partial charge in [-0.25, -0.2) is 8.42 Å². The molecular weight excluding hydrogens is 390 g/mol. The van der Waals surface area contributed by atoms with E-state index in [0.717, 1.165) is 11.3 Å². The normalized spacial score (nSPS) is 19.9. The van der Waals surface area contributed by atoms with Crippen LogP contribution < -0.4 is 0 Å². The second kappa shape index (κ2) is 5.57. The van der Waals surface area contributed by atoms with Gasteiger partial charge in [0.15, 0.2) is 0 Å². The number of halogens is 2. The lowest BCUT2D eigenvalue weighted by molar-refractivity contribution is -0.150. The highest BCUT2D eigenvalue weighted by Crippen LogP contribution is 2.38. The number of thiophene rings is 1. The molecular formula is C11H13BrClNO4S2. The van der Waals surface area contributed by atoms with Crippen molar-refractivity contribution in [1.29, 1.82) is 0 Å². The molecule has 2 rings (SSSR count). The quantitative estimate of drug-likeness (QED) is 0.843. The number of carboxylic acids is 1. The minimum absolute atomic E-state index is 0.174. The zero-order valence-electron chi connectivity index (χ0n) is 10.6. The number of carboxylic acid groups (broad SMARTS) is 1. The van der Waals surface area contributed by atoms with Gasteiger partial charge in [0.2, 0.25) is 0 Å². The first-order valence-corrected chi connectivity index (χ1v) is 9.28. The molecule has 0 saturated carbocycles. The first-order valence-electron chi connectivity index (χ1n) is 5.85. The minimum atomic E-state index is -3.60. The number of nitrogens with zero attached hydrogens (tertiary/aromatic N) is 1. The lowest BCUT2D eigenvalue weighted by atomic mass is 9.81. The SMILES string of the molecule is CC1(C(=O)O)CCN(S(=O)(=O)c2cc(Cl)c(Br)s2)CC1. The van der Waals surface area contributed by atoms with Crippen molar-refractivity contribution in [2.45, 2.75) is 24.0 Å². The fraction of sp³-hybridized carbons (Fsp3) is 0.545. The molecule has 5 nitrogen and oxygen atoms in total. The summed E-state index contributed by atoms with van der Waals surface area (Å²) in [6.07, 6.45) is 0.615. The Bertz CT molecular complexity index is 615. The summed E-state index contributed by atoms with van der Waals surface area (Å²) < 4.78 is 27.0. The number of carbonyl (C=O) groups is 1. The van der Waals surface area contributed by atoms with Crippen LogP contribution in [0.2, 0.25) is 5.02 Å². The first-order chi connectivity index (χ1) is 9.17. The number of aliphatic carboxylic acids is 1. The Morgan fingerprint density at radius 3 is 2.45 bits per heavy atom. The maximum atomic E-state index is 12.4. The number of hydrogen-bond acceptors (Lipinski definition) is 4. The van der Waals surface area contributed by atoms with Crippen LogP contribution in [0.25, 0.3) is 0 Å². The van der Waals surface area contributed by atoms with E-state index in [9.17, 15) is 13.2 Å². The molecule has 1 saturated heterocycles. The highest BCUT2D eigenvalue weighted by molar-refractivity contribution is 9.11. The van der Waals surface area contributed by atoms with E-state index >= 15 is 0 Å². The minimum Gasteiger partial charge on any atom is -0.481 e. The number of sulfonamides is 1. The van der Waals surface area contributed by atoms with Crippen LogP contribution in [-0.2, 0) is 14.8 Å². The molecule has 112 valence electrons. The number of hydrogen-bond donors (Lipinski definition) is 1. The van der Waals surface area contributed by atoms with Gasteiger partial charge in [0.05, 0.1) is 14.2 Å². The third kappa shape index (κ3) is 2.89. The van der Waals surface area contributed by atoms with Gasteiger partial charge in [0.25, 0.3) is 10.0 Å². The number of piperidine rings is 1. The molecule has 1 aromatic rings. The summed E-state index contributed by atoms with van der Waals surface area (Å²) in [6.45, 7) is 2.06. The van der Waals surface area contributed by atoms with Crippen LogP contribution in [0.3, 0.4) is 0 Å². The van der Waals surface area contributed by atoms with Crippen molar-refractivity contribution in [2.24, 2.45) is 5.41 Å². The maximum absolute atomic E-state index is 12.4. The van der Waals surface area contributed by atoms with Gasteiger partial charge in [-0.05, 0) is 41.8 Å². The van der Waals surface area contributed by atoms with Gasteiger partial charge < -0.3 is 5.11 Å². The van der Waals surface area contributed by atoms with E-state index < -0.39 is 21.4 Å². The van der Waals surface area contributed by atoms with E-state index in [-0.39, 0.29) is 17.3 Å². The summed E-state index contributed by atoms with van der Waals surface area (Å²) in [7, 11) is -3.60. The Hall–Kier alpha value is -0.150. The molecule has 1 N–H and O–H groups in total. The lowest BCUT2D eigenvalue weighted by Crippen LogP contribution is -2.44. The number of rotatable bonds is 3. The predicted molar refractivity (Wildman–Crippen MR) is 80.8 cm³/mol. The first kappa shape index (κ1) is 16.2. The zero-order chi connectivity index (χ0) is 15.1. The molecule has 0 amide bonds. The van der Waals surface area contributed by atoms with Crippen LogP contribution in [0, 0.1) is 5.41 Å². The smallest absolute Gasteiger partial charge is 0.309 e. The predicted octanol–water partition coefficient (Wildman–Crippen LogP) is 3.04. The second-order valence-corrected chi connectivity index (χ2v) is 9.90. The molecule has 9 heteroatoms. The van der Waals surface area contributed by atoms with Gasteiger partial charge in [0.1, 0.15) is 4.21 Å². The Morgan fingerprint density at radius 1 is 1.50 bits per heavy atom. The fourth-order valence-corrected chi connectivity index (χ4v) is 6.01. The van der Waals surface area contributed by atoms with E-state index in [4.69, 9.17) is 16.7 Å². The van der Waals surface area contributed by atoms with Gasteiger partial charge in [-0.3, -0.25) is 4.79 Å². The monoisotopic (exact) mass is 401 g/mol. The van der Waals surface area contributed by atoms with E-state index in [1.165, 1.54) is 10.4 Å². The fourth-order valence-electron chi connectivity index (χ4n) is 2.02. The van der Waals surface area contributed by atoms with E-state index in [1.54, 1.807) is 6.92 Å². The Morgan fingerprint density at radius 2 is 2.05 bits per heavy atom. The van der Waals surface area contributed by atoms with Crippen LogP contribution >= 0.6 is 38.9 Å². The molecule has 0 bridgehead atoms. The van der Waals surface area contributed by atoms with Crippen LogP contribution in [0.15, 0.2) is 14.1 Å². The largest absolute Gasteiger partial charge is 0.481 e. The summed E-state index contributed by atoms with van der Waals surface area (Å²) in [6, 6.07) is 1.41. The van der Waals surface area contributed by atoms with Crippen molar-refractivity contribution >= 4 is 54.9 Å². The topological polar surface area (TPSA) is 74.7 Å². The molecule has 2 heterocycles. The van der Waals surface area contributed by atoms with Crippen molar-refractivity contribution in [1.82, 2.24) is 4.31 Å². The standard InChI is InChI=1S/C11H13BrClNO4S2/c1-11(10(15)16)2-4-14(5-3-11)20(17,18)8-6-7(13)9(12)19-8/h6H,2-5H2,1H3,(H,15,16). The van der Waals surface area contributed by atoms with E-state index in [0.29, 0.717) is 21.7 Å². The average Bonchev–Trinajstić information content (AvgIpc) is 2.71. The van der Waals surface area contributed by atoms with Gasteiger partial charge in [0, 0.05) is 13.1 Å². The maximum Gasteiger partial charge on any atom is 0.309 e. The third-order valence-electron chi connectivity index (χ3n) is 3.56. The summed E-state index contributed by atoms with van der Waals surface area (Å²) in [5, 5.41) is 9.52. The van der Waals surface area contributed by atoms with Crippen molar-refractivity contribution in [3.63, 3.8) is 0 Å². The molecule has 1 aliphatic rings. The van der Waals surface area contributed by atoms with Gasteiger partial charge in [-0.15, -0.1) is 11.3 Å². The van der Waals surface area contributed by atoms with Crippen LogP contribution in [0.5, 0.6) is 0 Å². The molecule has 0 atom stereocenters. The Kier molecular flexibility index (Phi) is 4.52. The third-order valence-corrected chi connectivity index (χ3v) is 8.38.